The second-order valence-electron chi connectivity index (χ2n) is 6.77. The molecule has 2 N–H and O–H groups in total. The molecule has 0 aliphatic heterocycles. The van der Waals surface area contributed by atoms with Gasteiger partial charge in [-0.05, 0) is 54.8 Å². The van der Waals surface area contributed by atoms with Gasteiger partial charge in [0.2, 0.25) is 5.91 Å². The molecule has 4 rings (SSSR count). The van der Waals surface area contributed by atoms with E-state index >= 15 is 0 Å². The Labute approximate surface area is 171 Å². The molecule has 1 aromatic heterocycles. The summed E-state index contributed by atoms with van der Waals surface area (Å²) in [4.78, 5) is 29.3. The van der Waals surface area contributed by atoms with Crippen LogP contribution in [0.25, 0.3) is 0 Å². The minimum absolute atomic E-state index is 0.0268. The van der Waals surface area contributed by atoms with Crippen molar-refractivity contribution in [3.63, 3.8) is 0 Å². The summed E-state index contributed by atoms with van der Waals surface area (Å²) >= 11 is 7.34. The zero-order valence-electron chi connectivity index (χ0n) is 14.9. The maximum atomic E-state index is 13.0. The van der Waals surface area contributed by atoms with E-state index in [1.807, 2.05) is 24.3 Å². The van der Waals surface area contributed by atoms with Crippen molar-refractivity contribution in [3.8, 4) is 0 Å². The van der Waals surface area contributed by atoms with E-state index in [2.05, 4.69) is 15.6 Å². The highest BCUT2D eigenvalue weighted by Crippen LogP contribution is 2.44. The van der Waals surface area contributed by atoms with Gasteiger partial charge in [0.25, 0.3) is 5.91 Å². The van der Waals surface area contributed by atoms with Crippen LogP contribution in [-0.2, 0) is 10.2 Å². The van der Waals surface area contributed by atoms with Gasteiger partial charge < -0.3 is 5.32 Å². The molecule has 0 atom stereocenters. The van der Waals surface area contributed by atoms with Gasteiger partial charge in [0, 0.05) is 27.9 Å². The van der Waals surface area contributed by atoms with E-state index < -0.39 is 5.41 Å². The standard InChI is InChI=1S/C21H18ClN3O2S/c22-16-6-4-15(5-7-16)21(10-1-11-21)19(27)24-17-8-2-14(3-9-17)18(26)25-20-23-12-13-28-20/h2-9,12-13H,1,10-11H2,(H,24,27)(H,23,25,26). The van der Waals surface area contributed by atoms with Crippen molar-refractivity contribution in [2.45, 2.75) is 24.7 Å². The fourth-order valence-electron chi connectivity index (χ4n) is 3.36. The summed E-state index contributed by atoms with van der Waals surface area (Å²) in [6, 6.07) is 14.3. The molecule has 7 heteroatoms. The zero-order chi connectivity index (χ0) is 19.6. The molecule has 142 valence electrons. The molecule has 28 heavy (non-hydrogen) atoms. The first-order chi connectivity index (χ1) is 13.6. The molecular formula is C21H18ClN3O2S. The van der Waals surface area contributed by atoms with Crippen molar-refractivity contribution in [2.75, 3.05) is 10.6 Å². The number of thiazole rings is 1. The first-order valence-corrected chi connectivity index (χ1v) is 10.2. The first-order valence-electron chi connectivity index (χ1n) is 8.95. The number of anilines is 2. The largest absolute Gasteiger partial charge is 0.325 e. The number of benzene rings is 2. The van der Waals surface area contributed by atoms with Crippen molar-refractivity contribution in [1.29, 1.82) is 0 Å². The molecule has 5 nitrogen and oxygen atoms in total. The average molecular weight is 412 g/mol. The summed E-state index contributed by atoms with van der Waals surface area (Å²) in [6.07, 6.45) is 4.28. The molecule has 0 spiro atoms. The lowest BCUT2D eigenvalue weighted by Gasteiger charge is -2.40. The van der Waals surface area contributed by atoms with Crippen LogP contribution < -0.4 is 10.6 Å². The number of amides is 2. The minimum atomic E-state index is -0.508. The van der Waals surface area contributed by atoms with Crippen LogP contribution in [0.2, 0.25) is 5.02 Å². The van der Waals surface area contributed by atoms with E-state index in [1.54, 1.807) is 35.8 Å². The quantitative estimate of drug-likeness (QED) is 0.612. The van der Waals surface area contributed by atoms with Crippen LogP contribution in [-0.4, -0.2) is 16.8 Å². The predicted molar refractivity (Wildman–Crippen MR) is 112 cm³/mol. The molecule has 1 fully saturated rings. The van der Waals surface area contributed by atoms with Crippen LogP contribution in [0.4, 0.5) is 10.8 Å². The van der Waals surface area contributed by atoms with E-state index in [9.17, 15) is 9.59 Å². The van der Waals surface area contributed by atoms with Crippen molar-refractivity contribution < 1.29 is 9.59 Å². The highest BCUT2D eigenvalue weighted by atomic mass is 35.5. The monoisotopic (exact) mass is 411 g/mol. The third-order valence-corrected chi connectivity index (χ3v) is 6.04. The molecule has 1 saturated carbocycles. The number of aromatic nitrogens is 1. The van der Waals surface area contributed by atoms with Crippen molar-refractivity contribution >= 4 is 45.6 Å². The lowest BCUT2D eigenvalue weighted by molar-refractivity contribution is -0.124. The highest BCUT2D eigenvalue weighted by Gasteiger charge is 2.45. The van der Waals surface area contributed by atoms with E-state index in [0.717, 1.165) is 24.8 Å². The SMILES string of the molecule is O=C(Nc1nccs1)c1ccc(NC(=O)C2(c3ccc(Cl)cc3)CCC2)cc1. The third kappa shape index (κ3) is 3.66. The average Bonchev–Trinajstić information content (AvgIpc) is 3.16. The van der Waals surface area contributed by atoms with Crippen LogP contribution in [0, 0.1) is 0 Å². The summed E-state index contributed by atoms with van der Waals surface area (Å²) in [5.74, 6) is -0.259. The van der Waals surface area contributed by atoms with Crippen molar-refractivity contribution in [2.24, 2.45) is 0 Å². The number of rotatable bonds is 5. The van der Waals surface area contributed by atoms with E-state index in [-0.39, 0.29) is 11.8 Å². The minimum Gasteiger partial charge on any atom is -0.325 e. The Hall–Kier alpha value is -2.70. The van der Waals surface area contributed by atoms with Gasteiger partial charge in [-0.2, -0.15) is 0 Å². The Morgan fingerprint density at radius 3 is 2.29 bits per heavy atom. The van der Waals surface area contributed by atoms with Crippen LogP contribution in [0.5, 0.6) is 0 Å². The molecule has 3 aromatic rings. The van der Waals surface area contributed by atoms with Crippen LogP contribution in [0.1, 0.15) is 35.2 Å². The normalized spacial score (nSPS) is 14.8. The maximum absolute atomic E-state index is 13.0. The predicted octanol–water partition coefficient (Wildman–Crippen LogP) is 5.11. The number of halogens is 1. The number of nitrogens with zero attached hydrogens (tertiary/aromatic N) is 1. The van der Waals surface area contributed by atoms with E-state index in [1.165, 1.54) is 11.3 Å². The topological polar surface area (TPSA) is 71.1 Å². The van der Waals surface area contributed by atoms with Gasteiger partial charge in [-0.3, -0.25) is 14.9 Å². The number of nitrogens with one attached hydrogen (secondary N) is 2. The Kier molecular flexibility index (Phi) is 5.15. The summed E-state index contributed by atoms with van der Waals surface area (Å²) in [5.41, 5.74) is 1.64. The Morgan fingerprint density at radius 1 is 1.00 bits per heavy atom. The number of hydrogen-bond acceptors (Lipinski definition) is 4. The Morgan fingerprint density at radius 2 is 1.71 bits per heavy atom. The second-order valence-corrected chi connectivity index (χ2v) is 8.10. The molecule has 1 aliphatic rings. The lowest BCUT2D eigenvalue weighted by atomic mass is 9.64. The summed E-state index contributed by atoms with van der Waals surface area (Å²) in [7, 11) is 0. The van der Waals surface area contributed by atoms with Gasteiger partial charge in [0.05, 0.1) is 5.41 Å². The van der Waals surface area contributed by atoms with Gasteiger partial charge >= 0.3 is 0 Å². The van der Waals surface area contributed by atoms with Crippen LogP contribution in [0.3, 0.4) is 0 Å². The molecule has 1 heterocycles. The van der Waals surface area contributed by atoms with Gasteiger partial charge in [-0.15, -0.1) is 11.3 Å². The fraction of sp³-hybridized carbons (Fsp3) is 0.190. The van der Waals surface area contributed by atoms with E-state index in [4.69, 9.17) is 11.6 Å². The Balaban J connectivity index is 1.45. The summed E-state index contributed by atoms with van der Waals surface area (Å²) < 4.78 is 0. The summed E-state index contributed by atoms with van der Waals surface area (Å²) in [5, 5.41) is 8.74. The fourth-order valence-corrected chi connectivity index (χ4v) is 4.01. The Bertz CT molecular complexity index is 982. The number of hydrogen-bond donors (Lipinski definition) is 2. The second kappa shape index (κ2) is 7.73. The van der Waals surface area contributed by atoms with E-state index in [0.29, 0.717) is 21.4 Å². The molecule has 2 aromatic carbocycles. The molecule has 0 radical (unpaired) electrons. The molecule has 2 amide bonds. The van der Waals surface area contributed by atoms with Crippen molar-refractivity contribution in [3.05, 3.63) is 76.3 Å². The summed E-state index contributed by atoms with van der Waals surface area (Å²) in [6.45, 7) is 0. The molecule has 1 aliphatic carbocycles. The van der Waals surface area contributed by atoms with Gasteiger partial charge in [0.15, 0.2) is 5.13 Å². The molecular weight excluding hydrogens is 394 g/mol. The molecule has 0 unspecified atom stereocenters. The third-order valence-electron chi connectivity index (χ3n) is 5.10. The lowest BCUT2D eigenvalue weighted by Crippen LogP contribution is -2.46. The molecule has 0 bridgehead atoms. The van der Waals surface area contributed by atoms with Gasteiger partial charge in [0.1, 0.15) is 0 Å². The maximum Gasteiger partial charge on any atom is 0.257 e. The van der Waals surface area contributed by atoms with Crippen molar-refractivity contribution in [1.82, 2.24) is 4.98 Å². The van der Waals surface area contributed by atoms with Crippen LogP contribution >= 0.6 is 22.9 Å². The smallest absolute Gasteiger partial charge is 0.257 e. The zero-order valence-corrected chi connectivity index (χ0v) is 16.5. The number of carbonyl (C=O) groups excluding carboxylic acids is 2. The van der Waals surface area contributed by atoms with Gasteiger partial charge in [-0.1, -0.05) is 30.2 Å². The highest BCUT2D eigenvalue weighted by molar-refractivity contribution is 7.13. The van der Waals surface area contributed by atoms with Gasteiger partial charge in [-0.25, -0.2) is 4.98 Å². The number of carbonyl (C=O) groups is 2. The van der Waals surface area contributed by atoms with Crippen LogP contribution in [0.15, 0.2) is 60.1 Å². The molecule has 0 saturated heterocycles. The first kappa shape index (κ1) is 18.7.